The molecule has 6 nitrogen and oxygen atoms in total. The Bertz CT molecular complexity index is 1430. The van der Waals surface area contributed by atoms with Gasteiger partial charge in [-0.05, 0) is 90.2 Å². The van der Waals surface area contributed by atoms with Crippen molar-refractivity contribution in [3.8, 4) is 0 Å². The van der Waals surface area contributed by atoms with E-state index >= 15 is 0 Å². The van der Waals surface area contributed by atoms with E-state index < -0.39 is 0 Å². The van der Waals surface area contributed by atoms with Gasteiger partial charge < -0.3 is 0 Å². The van der Waals surface area contributed by atoms with E-state index in [-0.39, 0.29) is 44.1 Å². The number of rotatable bonds is 10. The lowest BCUT2D eigenvalue weighted by molar-refractivity contribution is -0.139. The van der Waals surface area contributed by atoms with Gasteiger partial charge >= 0.3 is 0 Å². The van der Waals surface area contributed by atoms with E-state index in [1.165, 1.54) is 32.1 Å². The molecular weight excluding hydrogens is 536 g/mol. The van der Waals surface area contributed by atoms with Crippen LogP contribution in [0.2, 0.25) is 0 Å². The largest absolute Gasteiger partial charge is 0.270 e. The molecule has 4 aliphatic rings. The molecule has 0 N–H and O–H groups in total. The molecule has 2 aliphatic carbocycles. The fourth-order valence-electron chi connectivity index (χ4n) is 6.18. The van der Waals surface area contributed by atoms with Crippen LogP contribution < -0.4 is 0 Å². The Hall–Kier alpha value is -4.06. The highest BCUT2D eigenvalue weighted by molar-refractivity contribution is 6.20. The normalized spacial score (nSPS) is 18.0. The summed E-state index contributed by atoms with van der Waals surface area (Å²) in [7, 11) is 0. The molecular formula is C37H44N2O4. The van der Waals surface area contributed by atoms with Gasteiger partial charge in [0.1, 0.15) is 0 Å². The molecule has 0 aromatic heterocycles. The molecule has 0 unspecified atom stereocenters. The number of amides is 4. The third-order valence-electron chi connectivity index (χ3n) is 8.45. The van der Waals surface area contributed by atoms with E-state index in [2.05, 4.69) is 52.0 Å². The van der Waals surface area contributed by atoms with E-state index in [1.807, 2.05) is 24.3 Å². The van der Waals surface area contributed by atoms with Crippen molar-refractivity contribution in [3.63, 3.8) is 0 Å². The van der Waals surface area contributed by atoms with Crippen LogP contribution in [-0.2, 0) is 32.3 Å². The lowest BCUT2D eigenvalue weighted by Crippen LogP contribution is -2.32. The maximum atomic E-state index is 13.3. The van der Waals surface area contributed by atoms with Gasteiger partial charge in [-0.2, -0.15) is 0 Å². The van der Waals surface area contributed by atoms with E-state index in [9.17, 15) is 19.2 Å². The number of nitrogens with zero attached hydrogens (tertiary/aromatic N) is 2. The average molecular weight is 581 g/mol. The van der Waals surface area contributed by atoms with Gasteiger partial charge in [0.25, 0.3) is 23.6 Å². The molecule has 6 heteroatoms. The number of carbonyl (C=O) groups is 4. The Morgan fingerprint density at radius 3 is 1.44 bits per heavy atom. The first-order valence-electron chi connectivity index (χ1n) is 15.0. The van der Waals surface area contributed by atoms with Crippen molar-refractivity contribution in [2.75, 3.05) is 0 Å². The zero-order valence-corrected chi connectivity index (χ0v) is 25.2. The van der Waals surface area contributed by atoms with E-state index in [0.717, 1.165) is 36.8 Å². The Morgan fingerprint density at radius 1 is 0.651 bits per heavy atom. The number of allylic oxidation sites excluding steroid dienone is 8. The highest BCUT2D eigenvalue weighted by atomic mass is 16.2. The van der Waals surface area contributed by atoms with Gasteiger partial charge in [-0.25, -0.2) is 0 Å². The molecule has 4 amide bonds. The van der Waals surface area contributed by atoms with Crippen molar-refractivity contribution in [3.05, 3.63) is 104 Å². The summed E-state index contributed by atoms with van der Waals surface area (Å²) in [5.74, 6) is -0.838. The van der Waals surface area contributed by atoms with Crippen LogP contribution >= 0.6 is 0 Å². The van der Waals surface area contributed by atoms with Crippen LogP contribution in [0.25, 0.3) is 0 Å². The first kappa shape index (κ1) is 31.9. The van der Waals surface area contributed by atoms with Crippen LogP contribution in [0, 0.1) is 0 Å². The smallest absolute Gasteiger partial charge is 0.257 e. The van der Waals surface area contributed by atoms with E-state index in [0.29, 0.717) is 48.0 Å². The van der Waals surface area contributed by atoms with Gasteiger partial charge in [-0.15, -0.1) is 0 Å². The van der Waals surface area contributed by atoms with Crippen LogP contribution in [0.15, 0.2) is 93.2 Å². The average Bonchev–Trinajstić information content (AvgIpc) is 3.32. The van der Waals surface area contributed by atoms with Crippen molar-refractivity contribution >= 4 is 23.6 Å². The molecule has 0 saturated carbocycles. The maximum absolute atomic E-state index is 13.3. The molecule has 0 atom stereocenters. The quantitative estimate of drug-likeness (QED) is 0.211. The third-order valence-corrected chi connectivity index (χ3v) is 8.45. The van der Waals surface area contributed by atoms with Crippen molar-refractivity contribution in [2.45, 2.75) is 99.6 Å². The van der Waals surface area contributed by atoms with Crippen LogP contribution in [0.4, 0.5) is 0 Å². The minimum Gasteiger partial charge on any atom is -0.270 e. The second-order valence-electron chi connectivity index (χ2n) is 12.3. The molecule has 2 heterocycles. The molecule has 0 radical (unpaired) electrons. The number of hydrogen-bond acceptors (Lipinski definition) is 4. The van der Waals surface area contributed by atoms with Gasteiger partial charge in [-0.1, -0.05) is 78.3 Å². The monoisotopic (exact) mass is 580 g/mol. The first-order chi connectivity index (χ1) is 20.1. The lowest BCUT2D eigenvalue weighted by atomic mass is 9.90. The molecule has 0 saturated heterocycles. The summed E-state index contributed by atoms with van der Waals surface area (Å²) in [5.41, 5.74) is 9.05. The minimum absolute atomic E-state index is 0. The van der Waals surface area contributed by atoms with Crippen LogP contribution in [0.5, 0.6) is 0 Å². The Labute approximate surface area is 256 Å². The maximum Gasteiger partial charge on any atom is 0.257 e. The summed E-state index contributed by atoms with van der Waals surface area (Å²) in [6, 6.07) is 7.50. The molecule has 1 aromatic carbocycles. The molecule has 2 aliphatic heterocycles. The van der Waals surface area contributed by atoms with Crippen molar-refractivity contribution in [2.24, 2.45) is 0 Å². The fourth-order valence-corrected chi connectivity index (χ4v) is 6.18. The SMILES string of the molecule is C.CC(C)=CCCC1=CCC2=C(C1)C(=O)N(Cc1cccc(CN3C(=O)C4=C(CC(CCC=C(C)C)=CC4)C3=O)c1)C2=O. The standard InChI is InChI=1S/C36H40N2O4.CH4/c1-23(2)8-5-10-25-14-16-29-31(19-25)35(41)37(33(29)39)21-27-12-7-13-28(18-27)22-38-34(40)30-17-15-26(11-6-9-24(3)4)20-32(30)36(38)42;/h7-9,12-15,18H,5-6,10-11,16-17,19-22H2,1-4H3;1H4. The number of benzene rings is 1. The summed E-state index contributed by atoms with van der Waals surface area (Å²) in [4.78, 5) is 55.6. The number of carbonyl (C=O) groups excluding carboxylic acids is 4. The molecule has 1 aromatic rings. The van der Waals surface area contributed by atoms with Gasteiger partial charge in [-0.3, -0.25) is 29.0 Å². The van der Waals surface area contributed by atoms with E-state index in [4.69, 9.17) is 0 Å². The Balaban J connectivity index is 0.00000423. The number of hydrogen-bond donors (Lipinski definition) is 0. The predicted octanol–water partition coefficient (Wildman–Crippen LogP) is 7.59. The van der Waals surface area contributed by atoms with Gasteiger partial charge in [0.15, 0.2) is 0 Å². The summed E-state index contributed by atoms with van der Waals surface area (Å²) >= 11 is 0. The molecule has 226 valence electrons. The number of imide groups is 2. The minimum atomic E-state index is -0.213. The Kier molecular flexibility index (Phi) is 10.0. The lowest BCUT2D eigenvalue weighted by Gasteiger charge is -2.18. The predicted molar refractivity (Wildman–Crippen MR) is 170 cm³/mol. The van der Waals surface area contributed by atoms with Gasteiger partial charge in [0.2, 0.25) is 0 Å². The zero-order chi connectivity index (χ0) is 30.0. The van der Waals surface area contributed by atoms with Gasteiger partial charge in [0, 0.05) is 22.3 Å². The van der Waals surface area contributed by atoms with Crippen LogP contribution in [-0.4, -0.2) is 33.4 Å². The van der Waals surface area contributed by atoms with E-state index in [1.54, 1.807) is 0 Å². The summed E-state index contributed by atoms with van der Waals surface area (Å²) < 4.78 is 0. The fraction of sp³-hybridized carbons (Fsp3) is 0.405. The molecule has 0 bridgehead atoms. The molecule has 43 heavy (non-hydrogen) atoms. The van der Waals surface area contributed by atoms with Crippen LogP contribution in [0.1, 0.15) is 97.6 Å². The summed E-state index contributed by atoms with van der Waals surface area (Å²) in [6.07, 6.45) is 14.3. The molecule has 0 spiro atoms. The first-order valence-corrected chi connectivity index (χ1v) is 15.0. The second-order valence-corrected chi connectivity index (χ2v) is 12.3. The second kappa shape index (κ2) is 13.5. The molecule has 0 fully saturated rings. The van der Waals surface area contributed by atoms with Crippen molar-refractivity contribution in [1.82, 2.24) is 9.80 Å². The highest BCUT2D eigenvalue weighted by Crippen LogP contribution is 2.37. The molecule has 5 rings (SSSR count). The van der Waals surface area contributed by atoms with Crippen molar-refractivity contribution in [1.29, 1.82) is 0 Å². The highest BCUT2D eigenvalue weighted by Gasteiger charge is 2.40. The van der Waals surface area contributed by atoms with Gasteiger partial charge in [0.05, 0.1) is 13.1 Å². The van der Waals surface area contributed by atoms with Crippen LogP contribution in [0.3, 0.4) is 0 Å². The van der Waals surface area contributed by atoms with Crippen molar-refractivity contribution < 1.29 is 19.2 Å². The summed E-state index contributed by atoms with van der Waals surface area (Å²) in [6.45, 7) is 8.65. The topological polar surface area (TPSA) is 74.8 Å². The third kappa shape index (κ3) is 6.96. The zero-order valence-electron chi connectivity index (χ0n) is 25.2. The summed E-state index contributed by atoms with van der Waals surface area (Å²) in [5, 5.41) is 0. The Morgan fingerprint density at radius 2 is 1.05 bits per heavy atom.